The van der Waals surface area contributed by atoms with Gasteiger partial charge in [0.2, 0.25) is 0 Å². The molecule has 120 valence electrons. The fraction of sp³-hybridized carbons (Fsp3) is 0.111. The van der Waals surface area contributed by atoms with Gasteiger partial charge in [0.05, 0.1) is 14.7 Å². The number of nitrogens with zero attached hydrogens (tertiary/aromatic N) is 1. The van der Waals surface area contributed by atoms with Crippen LogP contribution in [0.5, 0.6) is 5.75 Å². The smallest absolute Gasteiger partial charge is 0.197 e. The Bertz CT molecular complexity index is 1020. The van der Waals surface area contributed by atoms with E-state index in [4.69, 9.17) is 9.68 Å². The van der Waals surface area contributed by atoms with E-state index < -0.39 is 5.82 Å². The van der Waals surface area contributed by atoms with Gasteiger partial charge in [-0.15, -0.1) is 0 Å². The monoisotopic (exact) mass is 435 g/mol. The number of aromatic hydroxyl groups is 1. The number of benzene rings is 2. The van der Waals surface area contributed by atoms with Crippen LogP contribution in [-0.4, -0.2) is 10.9 Å². The third-order valence-electron chi connectivity index (χ3n) is 3.72. The maximum atomic E-state index is 13.6. The average Bonchev–Trinajstić information content (AvgIpc) is 2.94. The molecule has 0 aliphatic carbocycles. The summed E-state index contributed by atoms with van der Waals surface area (Å²) in [7, 11) is 0. The summed E-state index contributed by atoms with van der Waals surface area (Å²) < 4.78 is 19.6. The van der Waals surface area contributed by atoms with Gasteiger partial charge in [0, 0.05) is 17.4 Å². The van der Waals surface area contributed by atoms with E-state index in [-0.39, 0.29) is 28.2 Å². The van der Waals surface area contributed by atoms with E-state index in [1.165, 1.54) is 30.3 Å². The van der Waals surface area contributed by atoms with Crippen LogP contribution >= 0.6 is 22.6 Å². The molecule has 3 rings (SSSR count). The molecule has 0 amide bonds. The van der Waals surface area contributed by atoms with Crippen LogP contribution in [0, 0.1) is 20.7 Å². The molecule has 0 radical (unpaired) electrons. The third-order valence-corrected chi connectivity index (χ3v) is 4.54. The first kappa shape index (κ1) is 16.5. The van der Waals surface area contributed by atoms with Crippen LogP contribution < -0.4 is 0 Å². The van der Waals surface area contributed by atoms with Gasteiger partial charge in [-0.1, -0.05) is 6.92 Å². The van der Waals surface area contributed by atoms with Crippen molar-refractivity contribution in [3.05, 3.63) is 62.2 Å². The van der Waals surface area contributed by atoms with Crippen molar-refractivity contribution in [1.29, 1.82) is 5.26 Å². The first-order valence-electron chi connectivity index (χ1n) is 7.14. The zero-order valence-electron chi connectivity index (χ0n) is 12.6. The van der Waals surface area contributed by atoms with Crippen molar-refractivity contribution >= 4 is 39.3 Å². The molecule has 2 aromatic carbocycles. The standard InChI is InChI=1S/C18H11FINO3/c1-2-14-16(12-7-11(19)3-4-15(12)24-14)18(23)9-5-10(8-21)17(22)13(20)6-9/h3-7,22H,2H2,1H3. The highest BCUT2D eigenvalue weighted by Crippen LogP contribution is 2.32. The van der Waals surface area contributed by atoms with E-state index in [1.54, 1.807) is 0 Å². The van der Waals surface area contributed by atoms with Gasteiger partial charge < -0.3 is 9.52 Å². The van der Waals surface area contributed by atoms with Crippen LogP contribution in [0.2, 0.25) is 0 Å². The van der Waals surface area contributed by atoms with Crippen molar-refractivity contribution in [1.82, 2.24) is 0 Å². The quantitative estimate of drug-likeness (QED) is 0.484. The number of furan rings is 1. The lowest BCUT2D eigenvalue weighted by Gasteiger charge is -2.06. The summed E-state index contributed by atoms with van der Waals surface area (Å²) in [5, 5.41) is 19.3. The zero-order valence-corrected chi connectivity index (χ0v) is 14.7. The molecule has 4 nitrogen and oxygen atoms in total. The van der Waals surface area contributed by atoms with Crippen LogP contribution in [0.25, 0.3) is 11.0 Å². The second-order valence-electron chi connectivity index (χ2n) is 5.19. The van der Waals surface area contributed by atoms with Crippen LogP contribution in [0.1, 0.15) is 34.2 Å². The number of phenolic OH excluding ortho intramolecular Hbond substituents is 1. The molecule has 3 aromatic rings. The third kappa shape index (κ3) is 2.65. The Labute approximate surface area is 150 Å². The first-order chi connectivity index (χ1) is 11.5. The second-order valence-corrected chi connectivity index (χ2v) is 6.35. The van der Waals surface area contributed by atoms with Gasteiger partial charge in [0.15, 0.2) is 5.78 Å². The average molecular weight is 435 g/mol. The predicted octanol–water partition coefficient (Wildman–Crippen LogP) is 4.55. The number of nitriles is 1. The molecular formula is C18H11FINO3. The number of aryl methyl sites for hydroxylation is 1. The van der Waals surface area contributed by atoms with Crippen molar-refractivity contribution in [2.45, 2.75) is 13.3 Å². The number of halogens is 2. The van der Waals surface area contributed by atoms with Gasteiger partial charge >= 0.3 is 0 Å². The van der Waals surface area contributed by atoms with Crippen molar-refractivity contribution in [3.63, 3.8) is 0 Å². The molecule has 1 aromatic heterocycles. The maximum Gasteiger partial charge on any atom is 0.197 e. The summed E-state index contributed by atoms with van der Waals surface area (Å²) >= 11 is 1.85. The molecule has 0 aliphatic heterocycles. The molecule has 0 fully saturated rings. The fourth-order valence-corrected chi connectivity index (χ4v) is 3.20. The highest BCUT2D eigenvalue weighted by molar-refractivity contribution is 14.1. The molecule has 0 saturated heterocycles. The molecule has 1 N–H and O–H groups in total. The van der Waals surface area contributed by atoms with Crippen molar-refractivity contribution in [2.75, 3.05) is 0 Å². The number of ketones is 1. The molecule has 0 bridgehead atoms. The molecule has 6 heteroatoms. The molecule has 0 unspecified atom stereocenters. The number of carbonyl (C=O) groups is 1. The lowest BCUT2D eigenvalue weighted by atomic mass is 9.98. The van der Waals surface area contributed by atoms with Crippen LogP contribution in [0.15, 0.2) is 34.7 Å². The number of hydrogen-bond acceptors (Lipinski definition) is 4. The minimum Gasteiger partial charge on any atom is -0.505 e. The van der Waals surface area contributed by atoms with E-state index in [1.807, 2.05) is 35.6 Å². The van der Waals surface area contributed by atoms with Crippen LogP contribution in [-0.2, 0) is 6.42 Å². The number of fused-ring (bicyclic) bond motifs is 1. The molecule has 0 aliphatic rings. The highest BCUT2D eigenvalue weighted by atomic mass is 127. The van der Waals surface area contributed by atoms with Gasteiger partial charge in [-0.2, -0.15) is 5.26 Å². The predicted molar refractivity (Wildman–Crippen MR) is 94.5 cm³/mol. The van der Waals surface area contributed by atoms with Gasteiger partial charge in [-0.25, -0.2) is 4.39 Å². The Hall–Kier alpha value is -2.40. The Morgan fingerprint density at radius 2 is 2.12 bits per heavy atom. The van der Waals surface area contributed by atoms with E-state index >= 15 is 0 Å². The topological polar surface area (TPSA) is 74.2 Å². The van der Waals surface area contributed by atoms with E-state index in [2.05, 4.69) is 0 Å². The van der Waals surface area contributed by atoms with Crippen LogP contribution in [0.3, 0.4) is 0 Å². The van der Waals surface area contributed by atoms with Gasteiger partial charge in [-0.05, 0) is 52.9 Å². The molecule has 0 saturated carbocycles. The fourth-order valence-electron chi connectivity index (χ4n) is 2.58. The minimum atomic E-state index is -0.460. The summed E-state index contributed by atoms with van der Waals surface area (Å²) in [5.74, 6) is -0.528. The van der Waals surface area contributed by atoms with Crippen molar-refractivity contribution < 1.29 is 18.7 Å². The normalized spacial score (nSPS) is 10.8. The number of phenols is 1. The molecular weight excluding hydrogens is 424 g/mol. The van der Waals surface area contributed by atoms with Gasteiger partial charge in [0.25, 0.3) is 0 Å². The number of hydrogen-bond donors (Lipinski definition) is 1. The highest BCUT2D eigenvalue weighted by Gasteiger charge is 2.23. The van der Waals surface area contributed by atoms with Gasteiger partial charge in [-0.3, -0.25) is 4.79 Å². The lowest BCUT2D eigenvalue weighted by Crippen LogP contribution is -2.05. The van der Waals surface area contributed by atoms with Crippen molar-refractivity contribution in [3.8, 4) is 11.8 Å². The number of rotatable bonds is 3. The Kier molecular flexibility index (Phi) is 4.28. The van der Waals surface area contributed by atoms with E-state index in [0.29, 0.717) is 26.7 Å². The maximum absolute atomic E-state index is 13.6. The SMILES string of the molecule is CCc1oc2ccc(F)cc2c1C(=O)c1cc(I)c(O)c(C#N)c1. The first-order valence-corrected chi connectivity index (χ1v) is 8.22. The molecule has 0 spiro atoms. The Morgan fingerprint density at radius 1 is 1.38 bits per heavy atom. The molecule has 0 atom stereocenters. The zero-order chi connectivity index (χ0) is 17.4. The Morgan fingerprint density at radius 3 is 2.79 bits per heavy atom. The molecule has 1 heterocycles. The number of carbonyl (C=O) groups excluding carboxylic acids is 1. The second kappa shape index (κ2) is 6.24. The minimum absolute atomic E-state index is 0.0160. The summed E-state index contributed by atoms with van der Waals surface area (Å²) in [6, 6.07) is 8.72. The van der Waals surface area contributed by atoms with E-state index in [9.17, 15) is 14.3 Å². The van der Waals surface area contributed by atoms with Crippen LogP contribution in [0.4, 0.5) is 4.39 Å². The summed E-state index contributed by atoms with van der Waals surface area (Å²) in [5.41, 5.74) is 0.987. The largest absolute Gasteiger partial charge is 0.505 e. The summed E-state index contributed by atoms with van der Waals surface area (Å²) in [6.45, 7) is 1.84. The summed E-state index contributed by atoms with van der Waals surface area (Å²) in [6.07, 6.45) is 0.470. The van der Waals surface area contributed by atoms with Gasteiger partial charge in [0.1, 0.15) is 29.0 Å². The van der Waals surface area contributed by atoms with Crippen molar-refractivity contribution in [2.24, 2.45) is 0 Å². The Balaban J connectivity index is 2.24. The summed E-state index contributed by atoms with van der Waals surface area (Å²) in [4.78, 5) is 13.0. The van der Waals surface area contributed by atoms with E-state index in [0.717, 1.165) is 0 Å². The molecule has 24 heavy (non-hydrogen) atoms. The lowest BCUT2D eigenvalue weighted by molar-refractivity contribution is 0.103.